The SMILES string of the molecule is CC.CC(C)C.O=C(CNc1cc(-n2ccnc2)nc(NCc2cccc(Cl)c2)n1)NCc1ccc(Cl)cc1. The van der Waals surface area contributed by atoms with Crippen molar-refractivity contribution in [2.24, 2.45) is 5.92 Å². The minimum atomic E-state index is -0.166. The van der Waals surface area contributed by atoms with Gasteiger partial charge in [0.05, 0.1) is 6.54 Å². The topological polar surface area (TPSA) is 96.8 Å². The maximum atomic E-state index is 12.3. The van der Waals surface area contributed by atoms with Gasteiger partial charge < -0.3 is 16.0 Å². The van der Waals surface area contributed by atoms with Gasteiger partial charge in [-0.2, -0.15) is 9.97 Å². The van der Waals surface area contributed by atoms with Crippen molar-refractivity contribution >= 4 is 40.9 Å². The second-order valence-electron chi connectivity index (χ2n) is 8.88. The number of carbonyl (C=O) groups excluding carboxylic acids is 1. The number of halogens is 2. The van der Waals surface area contributed by atoms with Gasteiger partial charge in [-0.1, -0.05) is 82.1 Å². The second-order valence-corrected chi connectivity index (χ2v) is 9.75. The molecule has 0 fully saturated rings. The van der Waals surface area contributed by atoms with Gasteiger partial charge in [0, 0.05) is 41.6 Å². The molecule has 2 aromatic carbocycles. The van der Waals surface area contributed by atoms with Crippen LogP contribution < -0.4 is 16.0 Å². The van der Waals surface area contributed by atoms with Gasteiger partial charge in [-0.15, -0.1) is 0 Å². The van der Waals surface area contributed by atoms with Crippen molar-refractivity contribution in [2.75, 3.05) is 17.2 Å². The van der Waals surface area contributed by atoms with Crippen LogP contribution in [0.3, 0.4) is 0 Å². The third-order valence-corrected chi connectivity index (χ3v) is 5.14. The number of anilines is 2. The average Bonchev–Trinajstić information content (AvgIpc) is 3.47. The van der Waals surface area contributed by atoms with Gasteiger partial charge in [-0.25, -0.2) is 4.98 Å². The monoisotopic (exact) mass is 569 g/mol. The minimum absolute atomic E-state index is 0.0572. The van der Waals surface area contributed by atoms with Crippen LogP contribution in [0.4, 0.5) is 11.8 Å². The van der Waals surface area contributed by atoms with Crippen LogP contribution in [0.15, 0.2) is 73.3 Å². The van der Waals surface area contributed by atoms with E-state index in [4.69, 9.17) is 23.2 Å². The van der Waals surface area contributed by atoms with E-state index in [-0.39, 0.29) is 12.5 Å². The van der Waals surface area contributed by atoms with E-state index in [9.17, 15) is 4.79 Å². The Hall–Kier alpha value is -3.62. The van der Waals surface area contributed by atoms with Crippen molar-refractivity contribution in [2.45, 2.75) is 47.7 Å². The second kappa shape index (κ2) is 17.1. The number of nitrogens with one attached hydrogen (secondary N) is 3. The Bertz CT molecular complexity index is 1260. The molecule has 10 heteroatoms. The lowest BCUT2D eigenvalue weighted by Crippen LogP contribution is -2.29. The molecule has 0 spiro atoms. The molecule has 2 aromatic heterocycles. The zero-order valence-corrected chi connectivity index (χ0v) is 24.6. The van der Waals surface area contributed by atoms with Crippen LogP contribution >= 0.6 is 23.2 Å². The summed E-state index contributed by atoms with van der Waals surface area (Å²) in [5.41, 5.74) is 1.96. The molecule has 2 heterocycles. The van der Waals surface area contributed by atoms with Crippen LogP contribution in [0, 0.1) is 5.92 Å². The molecule has 3 N–H and O–H groups in total. The first-order chi connectivity index (χ1) is 18.8. The molecule has 0 unspecified atom stereocenters. The van der Waals surface area contributed by atoms with Gasteiger partial charge >= 0.3 is 0 Å². The zero-order chi connectivity index (χ0) is 28.6. The number of nitrogens with zero attached hydrogens (tertiary/aromatic N) is 4. The highest BCUT2D eigenvalue weighted by molar-refractivity contribution is 6.30. The molecule has 1 amide bonds. The molecule has 0 bridgehead atoms. The highest BCUT2D eigenvalue weighted by Crippen LogP contribution is 2.16. The van der Waals surface area contributed by atoms with Crippen LogP contribution in [0.1, 0.15) is 45.7 Å². The standard InChI is InChI=1S/C23H21Cl2N7O.C4H10.C2H6/c24-18-6-4-16(5-7-18)12-28-22(33)14-27-20-11-21(32-9-8-26-15-32)31-23(30-20)29-13-17-2-1-3-19(25)10-17;1-4(2)3;1-2/h1-11,15H,12-14H2,(H,28,33)(H2,27,29,30,31);4H,1-3H3;1-2H3. The van der Waals surface area contributed by atoms with Crippen LogP contribution in [0.2, 0.25) is 10.0 Å². The first-order valence-corrected chi connectivity index (χ1v) is 13.6. The number of benzene rings is 2. The molecule has 4 rings (SSSR count). The highest BCUT2D eigenvalue weighted by Gasteiger charge is 2.09. The smallest absolute Gasteiger partial charge is 0.239 e. The summed E-state index contributed by atoms with van der Waals surface area (Å²) in [7, 11) is 0. The first-order valence-electron chi connectivity index (χ1n) is 12.9. The molecule has 39 heavy (non-hydrogen) atoms. The van der Waals surface area contributed by atoms with Gasteiger partial charge in [0.15, 0.2) is 0 Å². The van der Waals surface area contributed by atoms with E-state index >= 15 is 0 Å². The number of carbonyl (C=O) groups is 1. The van der Waals surface area contributed by atoms with Crippen molar-refractivity contribution in [3.63, 3.8) is 0 Å². The summed E-state index contributed by atoms with van der Waals surface area (Å²) >= 11 is 12.0. The molecule has 0 aliphatic rings. The van der Waals surface area contributed by atoms with Crippen LogP contribution in [-0.4, -0.2) is 32.0 Å². The van der Waals surface area contributed by atoms with E-state index in [1.165, 1.54) is 0 Å². The van der Waals surface area contributed by atoms with Crippen LogP contribution in [0.25, 0.3) is 5.82 Å². The van der Waals surface area contributed by atoms with Crippen molar-refractivity contribution < 1.29 is 4.79 Å². The van der Waals surface area contributed by atoms with E-state index in [1.807, 2.05) is 50.2 Å². The summed E-state index contributed by atoms with van der Waals surface area (Å²) in [5.74, 6) is 2.19. The Balaban J connectivity index is 0.000000815. The Morgan fingerprint density at radius 1 is 0.897 bits per heavy atom. The van der Waals surface area contributed by atoms with E-state index < -0.39 is 0 Å². The normalized spacial score (nSPS) is 10.1. The quantitative estimate of drug-likeness (QED) is 0.201. The molecular formula is C29H37Cl2N7O. The first kappa shape index (κ1) is 31.6. The van der Waals surface area contributed by atoms with Gasteiger partial charge in [0.2, 0.25) is 11.9 Å². The molecule has 0 aliphatic carbocycles. The average molecular weight is 571 g/mol. The van der Waals surface area contributed by atoms with Crippen molar-refractivity contribution in [1.82, 2.24) is 24.8 Å². The third-order valence-electron chi connectivity index (χ3n) is 4.65. The Morgan fingerprint density at radius 2 is 1.62 bits per heavy atom. The minimum Gasteiger partial charge on any atom is -0.361 e. The molecule has 0 saturated heterocycles. The fraction of sp³-hybridized carbons (Fsp3) is 0.310. The number of hydrogen-bond donors (Lipinski definition) is 3. The molecule has 8 nitrogen and oxygen atoms in total. The predicted molar refractivity (Wildman–Crippen MR) is 162 cm³/mol. The molecule has 0 saturated carbocycles. The summed E-state index contributed by atoms with van der Waals surface area (Å²) in [4.78, 5) is 25.4. The van der Waals surface area contributed by atoms with Gasteiger partial charge in [-0.3, -0.25) is 9.36 Å². The van der Waals surface area contributed by atoms with Gasteiger partial charge in [0.25, 0.3) is 0 Å². The lowest BCUT2D eigenvalue weighted by atomic mass is 10.2. The maximum absolute atomic E-state index is 12.3. The maximum Gasteiger partial charge on any atom is 0.239 e. The fourth-order valence-electron chi connectivity index (χ4n) is 3.00. The lowest BCUT2D eigenvalue weighted by Gasteiger charge is -2.12. The van der Waals surface area contributed by atoms with E-state index in [1.54, 1.807) is 41.5 Å². The van der Waals surface area contributed by atoms with Gasteiger partial charge in [-0.05, 0) is 41.3 Å². The summed E-state index contributed by atoms with van der Waals surface area (Å²) in [6.45, 7) is 11.5. The van der Waals surface area contributed by atoms with Crippen LogP contribution in [0.5, 0.6) is 0 Å². The Kier molecular flexibility index (Phi) is 13.8. The van der Waals surface area contributed by atoms with E-state index in [2.05, 4.69) is 51.7 Å². The highest BCUT2D eigenvalue weighted by atomic mass is 35.5. The summed E-state index contributed by atoms with van der Waals surface area (Å²) < 4.78 is 1.76. The molecule has 208 valence electrons. The predicted octanol–water partition coefficient (Wildman–Crippen LogP) is 7.00. The molecule has 0 radical (unpaired) electrons. The largest absolute Gasteiger partial charge is 0.361 e. The number of hydrogen-bond acceptors (Lipinski definition) is 6. The lowest BCUT2D eigenvalue weighted by molar-refractivity contribution is -0.119. The number of imidazole rings is 1. The molecule has 4 aromatic rings. The van der Waals surface area contributed by atoms with E-state index in [0.717, 1.165) is 17.0 Å². The zero-order valence-electron chi connectivity index (χ0n) is 23.1. The van der Waals surface area contributed by atoms with Crippen LogP contribution in [-0.2, 0) is 17.9 Å². The Morgan fingerprint density at radius 3 is 2.26 bits per heavy atom. The molecular weight excluding hydrogens is 533 g/mol. The van der Waals surface area contributed by atoms with Crippen molar-refractivity contribution in [1.29, 1.82) is 0 Å². The Labute approximate surface area is 241 Å². The number of rotatable bonds is 9. The van der Waals surface area contributed by atoms with E-state index in [0.29, 0.717) is 40.7 Å². The molecule has 0 atom stereocenters. The summed E-state index contributed by atoms with van der Waals surface area (Å²) in [6.07, 6.45) is 5.09. The molecule has 0 aliphatic heterocycles. The number of aromatic nitrogens is 4. The fourth-order valence-corrected chi connectivity index (χ4v) is 3.33. The third kappa shape index (κ3) is 12.2. The van der Waals surface area contributed by atoms with Gasteiger partial charge in [0.1, 0.15) is 18.0 Å². The summed E-state index contributed by atoms with van der Waals surface area (Å²) in [6, 6.07) is 16.6. The van der Waals surface area contributed by atoms with Crippen molar-refractivity contribution in [3.8, 4) is 5.82 Å². The number of amides is 1. The summed E-state index contributed by atoms with van der Waals surface area (Å²) in [5, 5.41) is 10.4. The van der Waals surface area contributed by atoms with Crippen molar-refractivity contribution in [3.05, 3.63) is 94.5 Å².